The lowest BCUT2D eigenvalue weighted by molar-refractivity contribution is 0.369. The third-order valence-corrected chi connectivity index (χ3v) is 7.59. The van der Waals surface area contributed by atoms with Crippen LogP contribution in [0.25, 0.3) is 0 Å². The molecular formula is C35H33N5. The van der Waals surface area contributed by atoms with Crippen molar-refractivity contribution in [3.8, 4) is 0 Å². The van der Waals surface area contributed by atoms with E-state index in [1.54, 1.807) is 0 Å². The van der Waals surface area contributed by atoms with Gasteiger partial charge in [-0.1, -0.05) is 67.3 Å². The molecule has 0 spiro atoms. The van der Waals surface area contributed by atoms with Crippen LogP contribution in [-0.2, 0) is 26.2 Å². The van der Waals surface area contributed by atoms with Gasteiger partial charge in [-0.15, -0.1) is 0 Å². The Kier molecular flexibility index (Phi) is 7.02. The summed E-state index contributed by atoms with van der Waals surface area (Å²) in [5.74, 6) is 0. The maximum atomic E-state index is 8.07. The number of allylic oxidation sites excluding steroid dienone is 7. The van der Waals surface area contributed by atoms with Gasteiger partial charge in [-0.05, 0) is 76.4 Å². The minimum absolute atomic E-state index is 0.507. The van der Waals surface area contributed by atoms with Gasteiger partial charge in [-0.3, -0.25) is 4.99 Å². The zero-order chi connectivity index (χ0) is 27.5. The Morgan fingerprint density at radius 2 is 1.25 bits per heavy atom. The number of anilines is 1. The Balaban J connectivity index is 0.000000363. The van der Waals surface area contributed by atoms with E-state index in [0.29, 0.717) is 5.71 Å². The summed E-state index contributed by atoms with van der Waals surface area (Å²) in [5, 5.41) is 8.07. The first-order valence-corrected chi connectivity index (χ1v) is 13.6. The van der Waals surface area contributed by atoms with Crippen LogP contribution in [0.5, 0.6) is 0 Å². The number of nitrogens with one attached hydrogen (secondary N) is 1. The number of hydrogen-bond donors (Lipinski definition) is 2. The molecule has 3 aromatic rings. The highest BCUT2D eigenvalue weighted by Gasteiger charge is 2.27. The summed E-state index contributed by atoms with van der Waals surface area (Å²) in [6.45, 7) is 7.63. The van der Waals surface area contributed by atoms with Gasteiger partial charge in [0.15, 0.2) is 0 Å². The van der Waals surface area contributed by atoms with Crippen molar-refractivity contribution in [1.82, 2.24) is 9.80 Å². The van der Waals surface area contributed by atoms with Crippen molar-refractivity contribution in [3.63, 3.8) is 0 Å². The fraction of sp³-hybridized carbons (Fsp3) is 0.143. The molecule has 2 aliphatic carbocycles. The largest absolute Gasteiger partial charge is 0.399 e. The van der Waals surface area contributed by atoms with E-state index >= 15 is 0 Å². The van der Waals surface area contributed by atoms with Crippen molar-refractivity contribution in [2.75, 3.05) is 5.73 Å². The number of hydrogen-bond acceptors (Lipinski definition) is 5. The second kappa shape index (κ2) is 11.1. The minimum atomic E-state index is 0.507. The van der Waals surface area contributed by atoms with Crippen LogP contribution in [0.2, 0.25) is 0 Å². The summed E-state index contributed by atoms with van der Waals surface area (Å²) in [7, 11) is 0. The average Bonchev–Trinajstić information content (AvgIpc) is 3.58. The molecule has 3 aromatic carbocycles. The first-order valence-electron chi connectivity index (χ1n) is 13.6. The van der Waals surface area contributed by atoms with Crippen LogP contribution < -0.4 is 5.73 Å². The van der Waals surface area contributed by atoms with Crippen LogP contribution in [0.3, 0.4) is 0 Å². The van der Waals surface area contributed by atoms with Crippen molar-refractivity contribution in [3.05, 3.63) is 155 Å². The molecule has 2 aliphatic heterocycles. The number of nitrogens with two attached hydrogens (primary N) is 1. The molecule has 0 unspecified atom stereocenters. The molecule has 0 fully saturated rings. The monoisotopic (exact) mass is 523 g/mol. The molecule has 0 radical (unpaired) electrons. The van der Waals surface area contributed by atoms with Gasteiger partial charge >= 0.3 is 0 Å². The van der Waals surface area contributed by atoms with Crippen LogP contribution in [0, 0.1) is 5.41 Å². The number of nitrogens with zero attached hydrogens (tertiary/aromatic N) is 3. The number of rotatable bonds is 3. The molecule has 0 saturated heterocycles. The molecule has 0 bridgehead atoms. The highest BCUT2D eigenvalue weighted by atomic mass is 15.2. The van der Waals surface area contributed by atoms with Crippen LogP contribution in [-0.4, -0.2) is 21.2 Å². The normalized spacial score (nSPS) is 18.2. The lowest BCUT2D eigenvalue weighted by Crippen LogP contribution is -2.18. The van der Waals surface area contributed by atoms with E-state index in [1.807, 2.05) is 72.8 Å². The molecular weight excluding hydrogens is 490 g/mol. The van der Waals surface area contributed by atoms with Crippen molar-refractivity contribution in [2.24, 2.45) is 4.99 Å². The summed E-state index contributed by atoms with van der Waals surface area (Å²) in [4.78, 5) is 9.57. The smallest absolute Gasteiger partial charge is 0.0633 e. The Morgan fingerprint density at radius 3 is 1.75 bits per heavy atom. The predicted octanol–water partition coefficient (Wildman–Crippen LogP) is 7.23. The SMILES string of the molecule is C=C1C=CC(N2Cc3cc4c(cc3C2)CN(C2=CCC(=Nc3ccccc3)C=C2)C4)=CC1=N.Nc1ccccc1. The van der Waals surface area contributed by atoms with E-state index in [-0.39, 0.29) is 0 Å². The maximum Gasteiger partial charge on any atom is 0.0633 e. The molecule has 5 nitrogen and oxygen atoms in total. The molecule has 40 heavy (non-hydrogen) atoms. The molecule has 7 rings (SSSR count). The predicted molar refractivity (Wildman–Crippen MR) is 165 cm³/mol. The highest BCUT2D eigenvalue weighted by Crippen LogP contribution is 2.35. The van der Waals surface area contributed by atoms with Gasteiger partial charge in [0.2, 0.25) is 0 Å². The Hall–Kier alpha value is -4.90. The van der Waals surface area contributed by atoms with E-state index in [0.717, 1.165) is 61.0 Å². The van der Waals surface area contributed by atoms with Gasteiger partial charge in [0.1, 0.15) is 0 Å². The van der Waals surface area contributed by atoms with Gasteiger partial charge in [0, 0.05) is 55.4 Å². The fourth-order valence-corrected chi connectivity index (χ4v) is 5.41. The zero-order valence-electron chi connectivity index (χ0n) is 22.6. The molecule has 0 aromatic heterocycles. The van der Waals surface area contributed by atoms with Crippen LogP contribution in [0.4, 0.5) is 11.4 Å². The second-order valence-corrected chi connectivity index (χ2v) is 10.5. The summed E-state index contributed by atoms with van der Waals surface area (Å²) in [6, 6.07) is 24.4. The van der Waals surface area contributed by atoms with Gasteiger partial charge < -0.3 is 20.9 Å². The average molecular weight is 524 g/mol. The number of aliphatic imine (C=N–C) groups is 1. The Labute approximate surface area is 236 Å². The third kappa shape index (κ3) is 5.59. The Bertz CT molecular complexity index is 1570. The van der Waals surface area contributed by atoms with Crippen molar-refractivity contribution in [2.45, 2.75) is 32.6 Å². The summed E-state index contributed by atoms with van der Waals surface area (Å²) >= 11 is 0. The Morgan fingerprint density at radius 1 is 0.700 bits per heavy atom. The first-order chi connectivity index (χ1) is 19.5. The van der Waals surface area contributed by atoms with Crippen LogP contribution in [0.15, 0.2) is 138 Å². The van der Waals surface area contributed by atoms with E-state index in [1.165, 1.54) is 28.0 Å². The number of para-hydroxylation sites is 2. The van der Waals surface area contributed by atoms with E-state index in [9.17, 15) is 0 Å². The van der Waals surface area contributed by atoms with Crippen molar-refractivity contribution in [1.29, 1.82) is 5.41 Å². The second-order valence-electron chi connectivity index (χ2n) is 10.5. The summed E-state index contributed by atoms with van der Waals surface area (Å²) < 4.78 is 0. The molecule has 3 N–H and O–H groups in total. The van der Waals surface area contributed by atoms with E-state index in [2.05, 4.69) is 52.8 Å². The molecule has 0 saturated carbocycles. The molecule has 2 heterocycles. The minimum Gasteiger partial charge on any atom is -0.399 e. The first kappa shape index (κ1) is 25.4. The lowest BCUT2D eigenvalue weighted by Gasteiger charge is -2.22. The topological polar surface area (TPSA) is 68.7 Å². The lowest BCUT2D eigenvalue weighted by atomic mass is 10.0. The molecule has 0 atom stereocenters. The van der Waals surface area contributed by atoms with Crippen LogP contribution >= 0.6 is 0 Å². The van der Waals surface area contributed by atoms with Crippen LogP contribution in [0.1, 0.15) is 28.7 Å². The zero-order valence-corrected chi connectivity index (χ0v) is 22.6. The molecule has 4 aliphatic rings. The third-order valence-electron chi connectivity index (χ3n) is 7.59. The number of nitrogen functional groups attached to an aromatic ring is 1. The van der Waals surface area contributed by atoms with Gasteiger partial charge in [0.25, 0.3) is 0 Å². The quantitative estimate of drug-likeness (QED) is 0.356. The number of benzene rings is 3. The maximum absolute atomic E-state index is 8.07. The fourth-order valence-electron chi connectivity index (χ4n) is 5.41. The summed E-state index contributed by atoms with van der Waals surface area (Å²) in [6.07, 6.45) is 13.5. The van der Waals surface area contributed by atoms with Gasteiger partial charge in [-0.2, -0.15) is 0 Å². The highest BCUT2D eigenvalue weighted by molar-refractivity contribution is 6.09. The molecule has 198 valence electrons. The summed E-state index contributed by atoms with van der Waals surface area (Å²) in [5.41, 5.74) is 17.6. The number of fused-ring (bicyclic) bond motifs is 2. The standard InChI is InChI=1S/C29H26N4.C6H7N/c1-20-7-10-28(15-29(20)30)33-18-23-13-21-16-32(17-22(21)14-24(23)19-33)27-11-8-26(9-12-27)31-25-5-3-2-4-6-25;7-6-4-2-1-3-5-6/h2-8,10-15,30H,1,9,16-19H2;1-5H,7H2. The van der Waals surface area contributed by atoms with E-state index in [4.69, 9.17) is 16.1 Å². The van der Waals surface area contributed by atoms with Gasteiger partial charge in [-0.25, -0.2) is 0 Å². The molecule has 5 heteroatoms. The van der Waals surface area contributed by atoms with Crippen molar-refractivity contribution >= 4 is 22.8 Å². The van der Waals surface area contributed by atoms with Gasteiger partial charge in [0.05, 0.1) is 11.4 Å². The van der Waals surface area contributed by atoms with E-state index < -0.39 is 0 Å². The molecule has 0 amide bonds. The van der Waals surface area contributed by atoms with Crippen molar-refractivity contribution < 1.29 is 0 Å².